The molecule has 4 rings (SSSR count). The summed E-state index contributed by atoms with van der Waals surface area (Å²) in [6, 6.07) is 10.2. The first-order chi connectivity index (χ1) is 14.6. The van der Waals surface area contributed by atoms with Gasteiger partial charge in [-0.25, -0.2) is 0 Å². The molecule has 5 nitrogen and oxygen atoms in total. The van der Waals surface area contributed by atoms with E-state index in [0.29, 0.717) is 0 Å². The van der Waals surface area contributed by atoms with Gasteiger partial charge in [0.05, 0.1) is 11.1 Å². The number of benzene rings is 3. The van der Waals surface area contributed by atoms with E-state index in [0.717, 1.165) is 24.3 Å². The predicted molar refractivity (Wildman–Crippen MR) is 110 cm³/mol. The van der Waals surface area contributed by atoms with Crippen molar-refractivity contribution >= 4 is 22.5 Å². The minimum Gasteiger partial charge on any atom is -0.508 e. The molecule has 0 atom stereocenters. The van der Waals surface area contributed by atoms with E-state index in [-0.39, 0.29) is 49.7 Å². The molecule has 0 unspecified atom stereocenters. The van der Waals surface area contributed by atoms with Crippen LogP contribution in [0.1, 0.15) is 5.56 Å². The molecule has 0 aliphatic carbocycles. The molecule has 4 N–H and O–H groups in total. The molecule has 0 saturated carbocycles. The van der Waals surface area contributed by atoms with Gasteiger partial charge in [0, 0.05) is 38.7 Å². The van der Waals surface area contributed by atoms with E-state index in [4.69, 9.17) is 11.6 Å². The van der Waals surface area contributed by atoms with E-state index >= 15 is 0 Å². The molecule has 158 valence electrons. The molecule has 1 aromatic heterocycles. The highest BCUT2D eigenvalue weighted by atomic mass is 35.5. The van der Waals surface area contributed by atoms with Crippen LogP contribution in [0, 0.1) is 0 Å². The van der Waals surface area contributed by atoms with Crippen LogP contribution < -0.4 is 5.56 Å². The Hall–Kier alpha value is -3.65. The summed E-state index contributed by atoms with van der Waals surface area (Å²) in [7, 11) is 0. The molecule has 0 aliphatic heterocycles. The number of fused-ring (bicyclic) bond motifs is 1. The fraction of sp³-hybridized carbons (Fsp3) is 0.0455. The van der Waals surface area contributed by atoms with Crippen molar-refractivity contribution in [2.75, 3.05) is 0 Å². The van der Waals surface area contributed by atoms with Gasteiger partial charge in [0.15, 0.2) is 0 Å². The molecule has 0 spiro atoms. The number of phenolic OH excluding ortho intramolecular Hbond substituents is 3. The van der Waals surface area contributed by atoms with Gasteiger partial charge in [-0.15, -0.1) is 0 Å². The summed E-state index contributed by atoms with van der Waals surface area (Å²) >= 11 is 6.05. The number of aromatic hydroxyl groups is 3. The zero-order valence-corrected chi connectivity index (χ0v) is 16.2. The maximum atomic E-state index is 13.4. The topological polar surface area (TPSA) is 93.6 Å². The average Bonchev–Trinajstić information content (AvgIpc) is 2.68. The van der Waals surface area contributed by atoms with Gasteiger partial charge in [-0.05, 0) is 48.5 Å². The first-order valence-corrected chi connectivity index (χ1v) is 9.22. The number of H-pyrrole nitrogens is 1. The van der Waals surface area contributed by atoms with Crippen molar-refractivity contribution < 1.29 is 28.5 Å². The van der Waals surface area contributed by atoms with Crippen molar-refractivity contribution in [2.24, 2.45) is 0 Å². The summed E-state index contributed by atoms with van der Waals surface area (Å²) in [5.74, 6) is -1.07. The summed E-state index contributed by atoms with van der Waals surface area (Å²) in [6.07, 6.45) is -4.65. The molecule has 0 amide bonds. The summed E-state index contributed by atoms with van der Waals surface area (Å²) < 4.78 is 40.2. The second-order valence-electron chi connectivity index (χ2n) is 6.83. The Morgan fingerprint density at radius 1 is 0.806 bits per heavy atom. The van der Waals surface area contributed by atoms with Crippen LogP contribution in [0.2, 0.25) is 5.02 Å². The summed E-state index contributed by atoms with van der Waals surface area (Å²) in [5.41, 5.74) is -1.88. The predicted octanol–water partition coefficient (Wildman–Crippen LogP) is 5.65. The Morgan fingerprint density at radius 3 is 2.23 bits per heavy atom. The van der Waals surface area contributed by atoms with Gasteiger partial charge in [-0.2, -0.15) is 13.2 Å². The van der Waals surface area contributed by atoms with Crippen molar-refractivity contribution in [3.05, 3.63) is 75.5 Å². The van der Waals surface area contributed by atoms with Gasteiger partial charge in [0.1, 0.15) is 17.2 Å². The maximum absolute atomic E-state index is 13.4. The Labute approximate surface area is 177 Å². The largest absolute Gasteiger partial charge is 0.508 e. The molecule has 0 bridgehead atoms. The summed E-state index contributed by atoms with van der Waals surface area (Å²) in [5, 5.41) is 30.5. The van der Waals surface area contributed by atoms with Crippen LogP contribution in [-0.2, 0) is 6.18 Å². The highest BCUT2D eigenvalue weighted by Gasteiger charge is 2.31. The van der Waals surface area contributed by atoms with Crippen LogP contribution in [0.5, 0.6) is 17.2 Å². The molecule has 4 aromatic rings. The number of aromatic nitrogens is 1. The van der Waals surface area contributed by atoms with E-state index in [1.807, 2.05) is 0 Å². The molecule has 3 aromatic carbocycles. The van der Waals surface area contributed by atoms with Gasteiger partial charge in [-0.3, -0.25) is 4.79 Å². The number of alkyl halides is 3. The third-order valence-electron chi connectivity index (χ3n) is 4.82. The zero-order chi connectivity index (χ0) is 22.5. The monoisotopic (exact) mass is 447 g/mol. The molecule has 0 fully saturated rings. The Kier molecular flexibility index (Phi) is 4.82. The van der Waals surface area contributed by atoms with E-state index < -0.39 is 23.0 Å². The first-order valence-electron chi connectivity index (χ1n) is 8.84. The van der Waals surface area contributed by atoms with Gasteiger partial charge in [0.25, 0.3) is 5.56 Å². The summed E-state index contributed by atoms with van der Waals surface area (Å²) in [6.45, 7) is 0. The number of nitrogens with one attached hydrogen (secondary N) is 1. The van der Waals surface area contributed by atoms with Crippen molar-refractivity contribution in [1.29, 1.82) is 0 Å². The molecule has 1 heterocycles. The van der Waals surface area contributed by atoms with Crippen molar-refractivity contribution in [1.82, 2.24) is 4.98 Å². The molecule has 0 radical (unpaired) electrons. The van der Waals surface area contributed by atoms with Crippen LogP contribution in [0.3, 0.4) is 0 Å². The average molecular weight is 448 g/mol. The van der Waals surface area contributed by atoms with E-state index in [1.54, 1.807) is 0 Å². The van der Waals surface area contributed by atoms with Gasteiger partial charge < -0.3 is 20.3 Å². The molecular weight excluding hydrogens is 435 g/mol. The van der Waals surface area contributed by atoms with Crippen LogP contribution in [-0.4, -0.2) is 20.3 Å². The first kappa shape index (κ1) is 20.6. The number of aromatic amines is 1. The second kappa shape index (κ2) is 7.24. The Balaban J connectivity index is 2.22. The minimum atomic E-state index is -4.65. The van der Waals surface area contributed by atoms with Gasteiger partial charge in [0.2, 0.25) is 0 Å². The number of halogens is 4. The van der Waals surface area contributed by atoms with Gasteiger partial charge >= 0.3 is 6.18 Å². The van der Waals surface area contributed by atoms with Crippen molar-refractivity contribution in [3.8, 4) is 39.5 Å². The minimum absolute atomic E-state index is 0.00500. The zero-order valence-electron chi connectivity index (χ0n) is 15.5. The molecule has 9 heteroatoms. The fourth-order valence-electron chi connectivity index (χ4n) is 3.45. The van der Waals surface area contributed by atoms with Crippen LogP contribution in [0.15, 0.2) is 59.4 Å². The molecule has 31 heavy (non-hydrogen) atoms. The molecule has 0 saturated heterocycles. The highest BCUT2D eigenvalue weighted by Crippen LogP contribution is 2.44. The lowest BCUT2D eigenvalue weighted by molar-refractivity contribution is -0.137. The lowest BCUT2D eigenvalue weighted by Gasteiger charge is -2.17. The van der Waals surface area contributed by atoms with E-state index in [1.165, 1.54) is 30.3 Å². The fourth-order valence-corrected chi connectivity index (χ4v) is 3.62. The lowest BCUT2D eigenvalue weighted by Crippen LogP contribution is -2.12. The standard InChI is InChI=1S/C22H13ClF3NO4/c23-11-2-6-17(29)15(8-11)19-14-7-10(22(24,25)26)1-5-16(14)27-21(31)20(19)13-4-3-12(28)9-18(13)30/h1-9,28-30H,(H,27,31). The van der Waals surface area contributed by atoms with Gasteiger partial charge in [-0.1, -0.05) is 11.6 Å². The lowest BCUT2D eigenvalue weighted by atomic mass is 9.90. The van der Waals surface area contributed by atoms with Crippen LogP contribution >= 0.6 is 11.6 Å². The SMILES string of the molecule is O=c1[nH]c2ccc(C(F)(F)F)cc2c(-c2cc(Cl)ccc2O)c1-c1ccc(O)cc1O. The highest BCUT2D eigenvalue weighted by molar-refractivity contribution is 6.31. The molecule has 0 aliphatic rings. The third kappa shape index (κ3) is 3.66. The number of pyridine rings is 1. The van der Waals surface area contributed by atoms with E-state index in [9.17, 15) is 33.3 Å². The van der Waals surface area contributed by atoms with Crippen molar-refractivity contribution in [2.45, 2.75) is 6.18 Å². The van der Waals surface area contributed by atoms with Crippen LogP contribution in [0.25, 0.3) is 33.2 Å². The number of rotatable bonds is 2. The maximum Gasteiger partial charge on any atom is 0.416 e. The quantitative estimate of drug-likeness (QED) is 0.319. The third-order valence-corrected chi connectivity index (χ3v) is 5.06. The Morgan fingerprint density at radius 2 is 1.55 bits per heavy atom. The molecular formula is C22H13ClF3NO4. The van der Waals surface area contributed by atoms with Crippen LogP contribution in [0.4, 0.5) is 13.2 Å². The Bertz CT molecular complexity index is 1400. The van der Waals surface area contributed by atoms with Crippen molar-refractivity contribution in [3.63, 3.8) is 0 Å². The number of hydrogen-bond donors (Lipinski definition) is 4. The summed E-state index contributed by atoms with van der Waals surface area (Å²) in [4.78, 5) is 15.5. The van der Waals surface area contributed by atoms with E-state index in [2.05, 4.69) is 4.98 Å². The second-order valence-corrected chi connectivity index (χ2v) is 7.26. The smallest absolute Gasteiger partial charge is 0.416 e. The number of hydrogen-bond acceptors (Lipinski definition) is 4. The number of phenols is 3. The normalized spacial score (nSPS) is 11.7.